The highest BCUT2D eigenvalue weighted by Crippen LogP contribution is 2.23. The maximum absolute atomic E-state index is 4.67. The van der Waals surface area contributed by atoms with Crippen molar-refractivity contribution in [2.45, 2.75) is 33.6 Å². The number of nitrogens with zero attached hydrogens (tertiary/aromatic N) is 4. The third kappa shape index (κ3) is 5.15. The zero-order valence-corrected chi connectivity index (χ0v) is 17.9. The molecule has 2 heterocycles. The van der Waals surface area contributed by atoms with Crippen LogP contribution in [0.3, 0.4) is 0 Å². The van der Waals surface area contributed by atoms with Crippen LogP contribution >= 0.6 is 12.4 Å². The number of aromatic nitrogens is 3. The third-order valence-electron chi connectivity index (χ3n) is 5.05. The summed E-state index contributed by atoms with van der Waals surface area (Å²) in [6.45, 7) is 8.25. The number of hydrogen-bond acceptors (Lipinski definition) is 6. The molecule has 1 fully saturated rings. The van der Waals surface area contributed by atoms with Crippen molar-refractivity contribution in [2.75, 3.05) is 28.6 Å². The van der Waals surface area contributed by atoms with E-state index in [-0.39, 0.29) is 12.4 Å². The van der Waals surface area contributed by atoms with Crippen molar-refractivity contribution in [1.82, 2.24) is 15.0 Å². The minimum Gasteiger partial charge on any atom is -0.341 e. The largest absolute Gasteiger partial charge is 0.341 e. The van der Waals surface area contributed by atoms with E-state index < -0.39 is 0 Å². The van der Waals surface area contributed by atoms with Gasteiger partial charge >= 0.3 is 0 Å². The molecular weight excluding hydrogens is 384 g/mol. The summed E-state index contributed by atoms with van der Waals surface area (Å²) < 4.78 is 0. The SMILES string of the molecule is Cc1cccc(Nc2nc(Nc3ccc(C)c(C)c3)nc(N3CCCC3)n2)c1.Cl. The van der Waals surface area contributed by atoms with Gasteiger partial charge in [0.15, 0.2) is 0 Å². The average Bonchev–Trinajstić information content (AvgIpc) is 3.19. The van der Waals surface area contributed by atoms with Gasteiger partial charge in [-0.15, -0.1) is 12.4 Å². The Hall–Kier alpha value is -2.86. The minimum absolute atomic E-state index is 0. The van der Waals surface area contributed by atoms with Gasteiger partial charge in [0.1, 0.15) is 0 Å². The van der Waals surface area contributed by atoms with Gasteiger partial charge in [-0.25, -0.2) is 0 Å². The van der Waals surface area contributed by atoms with E-state index in [0.29, 0.717) is 17.8 Å². The fourth-order valence-corrected chi connectivity index (χ4v) is 3.34. The monoisotopic (exact) mass is 410 g/mol. The van der Waals surface area contributed by atoms with E-state index in [4.69, 9.17) is 0 Å². The van der Waals surface area contributed by atoms with Gasteiger partial charge in [-0.3, -0.25) is 0 Å². The first-order valence-electron chi connectivity index (χ1n) is 9.76. The summed E-state index contributed by atoms with van der Waals surface area (Å²) in [7, 11) is 0. The Bertz CT molecular complexity index is 985. The first-order valence-corrected chi connectivity index (χ1v) is 9.76. The molecule has 3 aromatic rings. The van der Waals surface area contributed by atoms with Gasteiger partial charge in [-0.05, 0) is 74.6 Å². The summed E-state index contributed by atoms with van der Waals surface area (Å²) in [5.41, 5.74) is 5.63. The fraction of sp³-hybridized carbons (Fsp3) is 0.318. The molecule has 1 saturated heterocycles. The summed E-state index contributed by atoms with van der Waals surface area (Å²) in [5, 5.41) is 6.67. The van der Waals surface area contributed by atoms with E-state index in [9.17, 15) is 0 Å². The zero-order chi connectivity index (χ0) is 19.5. The highest BCUT2D eigenvalue weighted by molar-refractivity contribution is 5.85. The van der Waals surface area contributed by atoms with Crippen LogP contribution in [0.1, 0.15) is 29.5 Å². The van der Waals surface area contributed by atoms with Crippen molar-refractivity contribution >= 4 is 41.6 Å². The lowest BCUT2D eigenvalue weighted by Crippen LogP contribution is -2.21. The Morgan fingerprint density at radius 1 is 0.759 bits per heavy atom. The summed E-state index contributed by atoms with van der Waals surface area (Å²) in [6, 6.07) is 14.5. The molecule has 6 nitrogen and oxygen atoms in total. The predicted octanol–water partition coefficient (Wildman–Crippen LogP) is 5.31. The topological polar surface area (TPSA) is 66.0 Å². The Morgan fingerprint density at radius 2 is 1.41 bits per heavy atom. The van der Waals surface area contributed by atoms with Gasteiger partial charge < -0.3 is 15.5 Å². The molecule has 0 radical (unpaired) electrons. The van der Waals surface area contributed by atoms with E-state index in [2.05, 4.69) is 81.6 Å². The highest BCUT2D eigenvalue weighted by Gasteiger charge is 2.18. The molecule has 2 aromatic carbocycles. The van der Waals surface area contributed by atoms with Crippen LogP contribution in [0.5, 0.6) is 0 Å². The molecule has 0 amide bonds. The van der Waals surface area contributed by atoms with Gasteiger partial charge in [0, 0.05) is 24.5 Å². The molecule has 4 rings (SSSR count). The Morgan fingerprint density at radius 3 is 2.03 bits per heavy atom. The van der Waals surface area contributed by atoms with Crippen LogP contribution in [0.4, 0.5) is 29.2 Å². The number of benzene rings is 2. The van der Waals surface area contributed by atoms with Gasteiger partial charge in [0.05, 0.1) is 0 Å². The van der Waals surface area contributed by atoms with Crippen molar-refractivity contribution in [2.24, 2.45) is 0 Å². The van der Waals surface area contributed by atoms with Crippen LogP contribution in [0, 0.1) is 20.8 Å². The van der Waals surface area contributed by atoms with Crippen LogP contribution in [0.25, 0.3) is 0 Å². The molecule has 2 N–H and O–H groups in total. The van der Waals surface area contributed by atoms with Gasteiger partial charge in [0.25, 0.3) is 0 Å². The number of anilines is 5. The molecule has 0 spiro atoms. The molecule has 1 aliphatic heterocycles. The highest BCUT2D eigenvalue weighted by atomic mass is 35.5. The Balaban J connectivity index is 0.00000240. The minimum atomic E-state index is 0. The lowest BCUT2D eigenvalue weighted by Gasteiger charge is -2.17. The second-order valence-corrected chi connectivity index (χ2v) is 7.40. The number of nitrogens with one attached hydrogen (secondary N) is 2. The Labute approximate surface area is 178 Å². The van der Waals surface area contributed by atoms with E-state index >= 15 is 0 Å². The molecule has 0 aliphatic carbocycles. The van der Waals surface area contributed by atoms with Crippen molar-refractivity contribution in [1.29, 1.82) is 0 Å². The van der Waals surface area contributed by atoms with E-state index in [1.165, 1.54) is 29.5 Å². The quantitative estimate of drug-likeness (QED) is 0.594. The number of halogens is 1. The third-order valence-corrected chi connectivity index (χ3v) is 5.05. The lowest BCUT2D eigenvalue weighted by atomic mass is 10.1. The molecule has 7 heteroatoms. The second kappa shape index (κ2) is 9.09. The van der Waals surface area contributed by atoms with Crippen LogP contribution in [0.15, 0.2) is 42.5 Å². The lowest BCUT2D eigenvalue weighted by molar-refractivity contribution is 0.886. The number of aryl methyl sites for hydroxylation is 3. The number of hydrogen-bond donors (Lipinski definition) is 2. The van der Waals surface area contributed by atoms with E-state index in [1.54, 1.807) is 0 Å². The van der Waals surface area contributed by atoms with Crippen molar-refractivity contribution in [3.63, 3.8) is 0 Å². The van der Waals surface area contributed by atoms with Gasteiger partial charge in [-0.1, -0.05) is 18.2 Å². The van der Waals surface area contributed by atoms with Crippen molar-refractivity contribution < 1.29 is 0 Å². The maximum atomic E-state index is 4.67. The number of rotatable bonds is 5. The molecule has 0 saturated carbocycles. The molecule has 1 aliphatic rings. The Kier molecular flexibility index (Phi) is 6.54. The smallest absolute Gasteiger partial charge is 0.233 e. The normalized spacial score (nSPS) is 13.1. The van der Waals surface area contributed by atoms with Crippen molar-refractivity contribution in [3.05, 3.63) is 59.2 Å². The molecule has 1 aromatic heterocycles. The molecule has 29 heavy (non-hydrogen) atoms. The molecular formula is C22H27ClN6. The first-order chi connectivity index (χ1) is 13.6. The maximum Gasteiger partial charge on any atom is 0.233 e. The van der Waals surface area contributed by atoms with Gasteiger partial charge in [0.2, 0.25) is 17.8 Å². The zero-order valence-electron chi connectivity index (χ0n) is 17.1. The van der Waals surface area contributed by atoms with Crippen molar-refractivity contribution in [3.8, 4) is 0 Å². The summed E-state index contributed by atoms with van der Waals surface area (Å²) in [5.74, 6) is 1.82. The van der Waals surface area contributed by atoms with Crippen LogP contribution in [-0.2, 0) is 0 Å². The van der Waals surface area contributed by atoms with Gasteiger partial charge in [-0.2, -0.15) is 15.0 Å². The average molecular weight is 411 g/mol. The summed E-state index contributed by atoms with van der Waals surface area (Å²) in [6.07, 6.45) is 2.35. The first kappa shape index (κ1) is 20.9. The molecule has 0 atom stereocenters. The molecule has 0 unspecified atom stereocenters. The molecule has 152 valence electrons. The second-order valence-electron chi connectivity index (χ2n) is 7.40. The summed E-state index contributed by atoms with van der Waals surface area (Å²) >= 11 is 0. The fourth-order valence-electron chi connectivity index (χ4n) is 3.34. The van der Waals surface area contributed by atoms with Crippen LogP contribution in [-0.4, -0.2) is 28.0 Å². The molecule has 0 bridgehead atoms. The summed E-state index contributed by atoms with van der Waals surface area (Å²) in [4.78, 5) is 16.2. The predicted molar refractivity (Wildman–Crippen MR) is 122 cm³/mol. The van der Waals surface area contributed by atoms with E-state index in [0.717, 1.165) is 24.5 Å². The van der Waals surface area contributed by atoms with Crippen LogP contribution < -0.4 is 15.5 Å². The standard InChI is InChI=1S/C22H26N6.ClH/c1-15-7-6-8-18(13-15)23-20-25-21(24-19-10-9-16(2)17(3)14-19)27-22(26-20)28-11-4-5-12-28;/h6-10,13-14H,4-5,11-12H2,1-3H3,(H2,23,24,25,26,27);1H. The van der Waals surface area contributed by atoms with Crippen LogP contribution in [0.2, 0.25) is 0 Å². The van der Waals surface area contributed by atoms with E-state index in [1.807, 2.05) is 12.1 Å².